The van der Waals surface area contributed by atoms with Crippen LogP contribution in [0.25, 0.3) is 10.1 Å². The van der Waals surface area contributed by atoms with Crippen LogP contribution in [0.3, 0.4) is 0 Å². The molecule has 0 fully saturated rings. The zero-order valence-corrected chi connectivity index (χ0v) is 17.3. The third-order valence-corrected chi connectivity index (χ3v) is 7.81. The maximum Gasteiger partial charge on any atom is 0.175 e. The van der Waals surface area contributed by atoms with Gasteiger partial charge in [0.1, 0.15) is 4.88 Å². The fraction of sp³-hybridized carbons (Fsp3) is 0.562. The maximum absolute atomic E-state index is 14.4. The van der Waals surface area contributed by atoms with Gasteiger partial charge in [-0.05, 0) is 38.3 Å². The second-order valence-corrected chi connectivity index (χ2v) is 10.1. The van der Waals surface area contributed by atoms with Crippen LogP contribution in [0.2, 0.25) is 0 Å². The quantitative estimate of drug-likeness (QED) is 0.269. The standard InChI is InChI=1S/C16H19Br2FOS2/c1-2-3-4-5-6-7-8-9-10(20)13-12(19)11-14(21-13)16(18)22-15(11)17/h2-9H2,1H3. The molecule has 6 heteroatoms. The SMILES string of the molecule is CCCCCCCCCC(=O)c1sc2c(Br)sc(Br)c2c1F. The van der Waals surface area contributed by atoms with Crippen LogP contribution in [0, 0.1) is 5.82 Å². The number of halogens is 3. The van der Waals surface area contributed by atoms with Crippen LogP contribution in [0.15, 0.2) is 7.57 Å². The number of rotatable bonds is 9. The zero-order chi connectivity index (χ0) is 16.1. The molecule has 122 valence electrons. The van der Waals surface area contributed by atoms with Gasteiger partial charge in [-0.15, -0.1) is 22.7 Å². The van der Waals surface area contributed by atoms with E-state index < -0.39 is 0 Å². The van der Waals surface area contributed by atoms with Crippen molar-refractivity contribution in [1.29, 1.82) is 0 Å². The van der Waals surface area contributed by atoms with E-state index in [0.29, 0.717) is 11.8 Å². The van der Waals surface area contributed by atoms with Crippen LogP contribution in [0.5, 0.6) is 0 Å². The predicted molar refractivity (Wildman–Crippen MR) is 102 cm³/mol. The van der Waals surface area contributed by atoms with E-state index in [1.54, 1.807) is 0 Å². The van der Waals surface area contributed by atoms with Gasteiger partial charge in [-0.2, -0.15) is 0 Å². The van der Waals surface area contributed by atoms with E-state index in [9.17, 15) is 9.18 Å². The maximum atomic E-state index is 14.4. The van der Waals surface area contributed by atoms with E-state index in [-0.39, 0.29) is 16.5 Å². The average molecular weight is 470 g/mol. The highest BCUT2D eigenvalue weighted by Gasteiger charge is 2.23. The second-order valence-electron chi connectivity index (χ2n) is 5.39. The summed E-state index contributed by atoms with van der Waals surface area (Å²) in [4.78, 5) is 12.5. The lowest BCUT2D eigenvalue weighted by atomic mass is 10.1. The molecule has 2 heterocycles. The topological polar surface area (TPSA) is 17.1 Å². The van der Waals surface area contributed by atoms with Gasteiger partial charge in [0.15, 0.2) is 11.6 Å². The molecule has 0 N–H and O–H groups in total. The summed E-state index contributed by atoms with van der Waals surface area (Å²) in [5, 5.41) is 0.546. The first-order valence-corrected chi connectivity index (χ1v) is 10.9. The second kappa shape index (κ2) is 8.90. The smallest absolute Gasteiger partial charge is 0.175 e. The Kier molecular flexibility index (Phi) is 7.51. The molecule has 0 radical (unpaired) electrons. The molecule has 0 aliphatic rings. The summed E-state index contributed by atoms with van der Waals surface area (Å²) in [6.07, 6.45) is 8.60. The molecule has 0 aromatic carbocycles. The van der Waals surface area contributed by atoms with Gasteiger partial charge in [-0.3, -0.25) is 4.79 Å². The summed E-state index contributed by atoms with van der Waals surface area (Å²) in [6.45, 7) is 2.20. The fourth-order valence-corrected chi connectivity index (χ4v) is 6.95. The summed E-state index contributed by atoms with van der Waals surface area (Å²) < 4.78 is 16.9. The van der Waals surface area contributed by atoms with E-state index >= 15 is 0 Å². The normalized spacial score (nSPS) is 11.5. The van der Waals surface area contributed by atoms with Crippen molar-refractivity contribution >= 4 is 70.4 Å². The first-order chi connectivity index (χ1) is 10.6. The zero-order valence-electron chi connectivity index (χ0n) is 12.5. The van der Waals surface area contributed by atoms with Crippen LogP contribution in [0.1, 0.15) is 68.0 Å². The molecule has 22 heavy (non-hydrogen) atoms. The van der Waals surface area contributed by atoms with Gasteiger partial charge in [0.05, 0.1) is 17.7 Å². The lowest BCUT2D eigenvalue weighted by Gasteiger charge is -2.01. The van der Waals surface area contributed by atoms with Crippen LogP contribution < -0.4 is 0 Å². The molecule has 2 aromatic rings. The summed E-state index contributed by atoms with van der Waals surface area (Å²) in [7, 11) is 0. The lowest BCUT2D eigenvalue weighted by molar-refractivity contribution is 0.0979. The minimum atomic E-state index is -0.359. The van der Waals surface area contributed by atoms with Crippen molar-refractivity contribution in [1.82, 2.24) is 0 Å². The molecule has 0 bridgehead atoms. The molecule has 0 amide bonds. The van der Waals surface area contributed by atoms with Crippen molar-refractivity contribution in [3.05, 3.63) is 18.3 Å². The van der Waals surface area contributed by atoms with Gasteiger partial charge < -0.3 is 0 Å². The number of carbonyl (C=O) groups excluding carboxylic acids is 1. The third kappa shape index (κ3) is 4.40. The Bertz CT molecular complexity index is 648. The van der Waals surface area contributed by atoms with Gasteiger partial charge in [-0.1, -0.05) is 45.4 Å². The van der Waals surface area contributed by atoms with Crippen molar-refractivity contribution in [3.63, 3.8) is 0 Å². The molecule has 0 aliphatic heterocycles. The van der Waals surface area contributed by atoms with E-state index in [0.717, 1.165) is 25.1 Å². The fourth-order valence-electron chi connectivity index (χ4n) is 2.44. The lowest BCUT2D eigenvalue weighted by Crippen LogP contribution is -1.98. The van der Waals surface area contributed by atoms with Gasteiger partial charge in [0, 0.05) is 6.42 Å². The highest BCUT2D eigenvalue weighted by atomic mass is 79.9. The number of hydrogen-bond donors (Lipinski definition) is 0. The monoisotopic (exact) mass is 468 g/mol. The Balaban J connectivity index is 1.88. The minimum Gasteiger partial charge on any atom is -0.293 e. The summed E-state index contributed by atoms with van der Waals surface area (Å²) >= 11 is 9.51. The number of unbranched alkanes of at least 4 members (excludes halogenated alkanes) is 6. The highest BCUT2D eigenvalue weighted by molar-refractivity contribution is 9.12. The molecule has 0 unspecified atom stereocenters. The van der Waals surface area contributed by atoms with E-state index in [2.05, 4.69) is 38.8 Å². The number of Topliss-reactive ketones (excluding diaryl/α,β-unsaturated/α-hetero) is 1. The van der Waals surface area contributed by atoms with Crippen LogP contribution >= 0.6 is 54.5 Å². The highest BCUT2D eigenvalue weighted by Crippen LogP contribution is 2.45. The van der Waals surface area contributed by atoms with Gasteiger partial charge in [-0.25, -0.2) is 4.39 Å². The number of ketones is 1. The van der Waals surface area contributed by atoms with Crippen molar-refractivity contribution < 1.29 is 9.18 Å². The first-order valence-electron chi connectivity index (χ1n) is 7.65. The summed E-state index contributed by atoms with van der Waals surface area (Å²) in [6, 6.07) is 0. The molecule has 2 rings (SSSR count). The molecule has 1 nitrogen and oxygen atoms in total. The molecule has 2 aromatic heterocycles. The Morgan fingerprint density at radius 1 is 1.00 bits per heavy atom. The number of carbonyl (C=O) groups is 1. The largest absolute Gasteiger partial charge is 0.293 e. The number of thiophene rings is 2. The van der Waals surface area contributed by atoms with Gasteiger partial charge in [0.25, 0.3) is 0 Å². The van der Waals surface area contributed by atoms with Crippen molar-refractivity contribution in [2.24, 2.45) is 0 Å². The van der Waals surface area contributed by atoms with Crippen molar-refractivity contribution in [3.8, 4) is 0 Å². The molecular formula is C16H19Br2FOS2. The van der Waals surface area contributed by atoms with Crippen LogP contribution in [-0.2, 0) is 0 Å². The number of hydrogen-bond acceptors (Lipinski definition) is 3. The Morgan fingerprint density at radius 3 is 2.27 bits per heavy atom. The van der Waals surface area contributed by atoms with Crippen molar-refractivity contribution in [2.45, 2.75) is 58.3 Å². The third-order valence-electron chi connectivity index (χ3n) is 3.66. The Hall–Kier alpha value is 0.220. The van der Waals surface area contributed by atoms with Crippen LogP contribution in [-0.4, -0.2) is 5.78 Å². The van der Waals surface area contributed by atoms with Crippen molar-refractivity contribution in [2.75, 3.05) is 0 Å². The van der Waals surface area contributed by atoms with Gasteiger partial charge >= 0.3 is 0 Å². The summed E-state index contributed by atoms with van der Waals surface area (Å²) in [5.41, 5.74) is 0. The van der Waals surface area contributed by atoms with E-state index in [1.165, 1.54) is 54.8 Å². The molecule has 0 spiro atoms. The summed E-state index contributed by atoms with van der Waals surface area (Å²) in [5.74, 6) is -0.419. The molecule has 0 aliphatic carbocycles. The Labute approximate surface area is 155 Å². The van der Waals surface area contributed by atoms with E-state index in [4.69, 9.17) is 0 Å². The first kappa shape index (κ1) is 18.6. The molecule has 0 saturated carbocycles. The van der Waals surface area contributed by atoms with Gasteiger partial charge in [0.2, 0.25) is 0 Å². The van der Waals surface area contributed by atoms with Crippen LogP contribution in [0.4, 0.5) is 4.39 Å². The molecular weight excluding hydrogens is 451 g/mol. The molecule has 0 saturated heterocycles. The average Bonchev–Trinajstić information content (AvgIpc) is 2.97. The number of fused-ring (bicyclic) bond motifs is 1. The molecule has 0 atom stereocenters. The van der Waals surface area contributed by atoms with E-state index in [1.807, 2.05) is 0 Å². The Morgan fingerprint density at radius 2 is 1.64 bits per heavy atom. The predicted octanol–water partition coefficient (Wildman–Crippen LogP) is 7.95. The minimum absolute atomic E-state index is 0.0592.